The molecule has 0 aromatic heterocycles. The summed E-state index contributed by atoms with van der Waals surface area (Å²) in [6.07, 6.45) is 18.1. The van der Waals surface area contributed by atoms with Crippen LogP contribution in [0.4, 0.5) is 0 Å². The van der Waals surface area contributed by atoms with E-state index in [9.17, 15) is 9.46 Å². The van der Waals surface area contributed by atoms with Crippen molar-refractivity contribution in [2.75, 3.05) is 27.3 Å². The lowest BCUT2D eigenvalue weighted by molar-refractivity contribution is 0.153. The standard InChI is InChI=1S/C18H39O4P.C2H7N/c1-3-5-6-7-8-9-10-11-12-13-14-15-16-17-18-22-23(19,20)21-4-2;1-3-2/h3-18H2,1-2H3,(H,19,20);3H,1-2H3. The van der Waals surface area contributed by atoms with Gasteiger partial charge in [0, 0.05) is 0 Å². The van der Waals surface area contributed by atoms with Gasteiger partial charge in [0.1, 0.15) is 0 Å². The molecule has 0 aliphatic heterocycles. The first kappa shape index (κ1) is 28.3. The molecule has 0 aliphatic rings. The van der Waals surface area contributed by atoms with Gasteiger partial charge in [-0.1, -0.05) is 90.4 Å². The molecule has 0 aromatic rings. The van der Waals surface area contributed by atoms with E-state index in [0.717, 1.165) is 12.8 Å². The summed E-state index contributed by atoms with van der Waals surface area (Å²) in [4.78, 5) is 9.23. The van der Waals surface area contributed by atoms with E-state index in [1.807, 2.05) is 14.1 Å². The Morgan fingerprint density at radius 1 is 0.692 bits per heavy atom. The van der Waals surface area contributed by atoms with Gasteiger partial charge in [-0.15, -0.1) is 0 Å². The van der Waals surface area contributed by atoms with E-state index >= 15 is 0 Å². The molecule has 0 amide bonds. The minimum absolute atomic E-state index is 0.201. The molecule has 0 aromatic carbocycles. The quantitative estimate of drug-likeness (QED) is 0.206. The second kappa shape index (κ2) is 23.1. The van der Waals surface area contributed by atoms with Crippen molar-refractivity contribution < 1.29 is 18.5 Å². The molecule has 1 unspecified atom stereocenters. The molecule has 5 nitrogen and oxygen atoms in total. The molecule has 0 rings (SSSR count). The zero-order valence-electron chi connectivity index (χ0n) is 17.9. The Bertz CT molecular complexity index is 304. The molecule has 26 heavy (non-hydrogen) atoms. The summed E-state index contributed by atoms with van der Waals surface area (Å²) in [7, 11) is -0.0290. The average molecular weight is 396 g/mol. The maximum atomic E-state index is 11.3. The molecule has 0 radical (unpaired) electrons. The van der Waals surface area contributed by atoms with Crippen LogP contribution in [0.15, 0.2) is 0 Å². The highest BCUT2D eigenvalue weighted by molar-refractivity contribution is 7.47. The molecule has 0 saturated heterocycles. The first-order valence-corrected chi connectivity index (χ1v) is 12.2. The van der Waals surface area contributed by atoms with Crippen molar-refractivity contribution in [1.82, 2.24) is 5.32 Å². The maximum absolute atomic E-state index is 11.3. The van der Waals surface area contributed by atoms with Crippen LogP contribution < -0.4 is 5.32 Å². The average Bonchev–Trinajstić information content (AvgIpc) is 2.59. The Hall–Kier alpha value is 0.0700. The summed E-state index contributed by atoms with van der Waals surface area (Å²) in [6.45, 7) is 4.45. The molecular weight excluding hydrogens is 349 g/mol. The highest BCUT2D eigenvalue weighted by atomic mass is 31.2. The second-order valence-corrected chi connectivity index (χ2v) is 8.27. The van der Waals surface area contributed by atoms with Crippen LogP contribution in [0.1, 0.15) is 104 Å². The molecule has 6 heteroatoms. The number of phosphoric ester groups is 1. The van der Waals surface area contributed by atoms with Crippen molar-refractivity contribution in [3.8, 4) is 0 Å². The fraction of sp³-hybridized carbons (Fsp3) is 1.00. The summed E-state index contributed by atoms with van der Waals surface area (Å²) in [5.41, 5.74) is 0. The van der Waals surface area contributed by atoms with E-state index in [1.54, 1.807) is 6.92 Å². The summed E-state index contributed by atoms with van der Waals surface area (Å²) in [6, 6.07) is 0. The molecular formula is C20H46NO4P. The predicted octanol–water partition coefficient (Wildman–Crippen LogP) is 6.46. The second-order valence-electron chi connectivity index (χ2n) is 6.82. The number of hydrogen-bond acceptors (Lipinski definition) is 4. The lowest BCUT2D eigenvalue weighted by Gasteiger charge is -2.10. The molecule has 0 aliphatic carbocycles. The van der Waals surface area contributed by atoms with E-state index in [4.69, 9.17) is 4.52 Å². The molecule has 0 bridgehead atoms. The Morgan fingerprint density at radius 3 is 1.38 bits per heavy atom. The van der Waals surface area contributed by atoms with Crippen LogP contribution in [-0.2, 0) is 13.6 Å². The van der Waals surface area contributed by atoms with Gasteiger partial charge in [0.2, 0.25) is 0 Å². The Labute approximate surface area is 163 Å². The summed E-state index contributed by atoms with van der Waals surface area (Å²) in [5.74, 6) is 0. The van der Waals surface area contributed by atoms with Crippen molar-refractivity contribution in [3.05, 3.63) is 0 Å². The van der Waals surface area contributed by atoms with E-state index in [-0.39, 0.29) is 6.61 Å². The topological polar surface area (TPSA) is 67.8 Å². The smallest absolute Gasteiger partial charge is 0.323 e. The van der Waals surface area contributed by atoms with Gasteiger partial charge in [0.25, 0.3) is 0 Å². The first-order valence-electron chi connectivity index (χ1n) is 10.7. The van der Waals surface area contributed by atoms with Crippen molar-refractivity contribution >= 4 is 7.82 Å². The van der Waals surface area contributed by atoms with Crippen LogP contribution in [0.2, 0.25) is 0 Å². The Morgan fingerprint density at radius 2 is 1.04 bits per heavy atom. The number of hydrogen-bond donors (Lipinski definition) is 2. The summed E-state index contributed by atoms with van der Waals surface area (Å²) in [5, 5.41) is 2.75. The highest BCUT2D eigenvalue weighted by Gasteiger charge is 2.18. The van der Waals surface area contributed by atoms with Gasteiger partial charge in [-0.25, -0.2) is 4.57 Å². The summed E-state index contributed by atoms with van der Waals surface area (Å²) < 4.78 is 20.8. The van der Waals surface area contributed by atoms with Crippen molar-refractivity contribution in [2.45, 2.75) is 104 Å². The van der Waals surface area contributed by atoms with Crippen LogP contribution in [0.3, 0.4) is 0 Å². The van der Waals surface area contributed by atoms with Crippen LogP contribution in [0.25, 0.3) is 0 Å². The fourth-order valence-corrected chi connectivity index (χ4v) is 3.44. The molecule has 0 fully saturated rings. The van der Waals surface area contributed by atoms with Gasteiger partial charge >= 0.3 is 7.82 Å². The van der Waals surface area contributed by atoms with Crippen LogP contribution in [0.5, 0.6) is 0 Å². The number of unbranched alkanes of at least 4 members (excludes halogenated alkanes) is 13. The molecule has 0 heterocycles. The highest BCUT2D eigenvalue weighted by Crippen LogP contribution is 2.42. The lowest BCUT2D eigenvalue weighted by atomic mass is 10.0. The third kappa shape index (κ3) is 26.3. The minimum Gasteiger partial charge on any atom is -0.323 e. The van der Waals surface area contributed by atoms with Gasteiger partial charge in [0.15, 0.2) is 0 Å². The fourth-order valence-electron chi connectivity index (χ4n) is 2.68. The van der Waals surface area contributed by atoms with E-state index in [0.29, 0.717) is 6.61 Å². The zero-order chi connectivity index (χ0) is 19.9. The van der Waals surface area contributed by atoms with E-state index in [2.05, 4.69) is 16.8 Å². The monoisotopic (exact) mass is 395 g/mol. The third-order valence-corrected chi connectivity index (χ3v) is 5.14. The van der Waals surface area contributed by atoms with Crippen molar-refractivity contribution in [1.29, 1.82) is 0 Å². The lowest BCUT2D eigenvalue weighted by Crippen LogP contribution is -1.96. The molecule has 2 N–H and O–H groups in total. The van der Waals surface area contributed by atoms with Crippen LogP contribution in [0, 0.1) is 0 Å². The van der Waals surface area contributed by atoms with E-state index in [1.165, 1.54) is 77.0 Å². The normalized spacial score (nSPS) is 13.1. The van der Waals surface area contributed by atoms with Gasteiger partial charge in [-0.05, 0) is 27.4 Å². The predicted molar refractivity (Wildman–Crippen MR) is 113 cm³/mol. The molecule has 0 saturated carbocycles. The van der Waals surface area contributed by atoms with E-state index < -0.39 is 7.82 Å². The van der Waals surface area contributed by atoms with Crippen molar-refractivity contribution in [2.24, 2.45) is 0 Å². The molecule has 1 atom stereocenters. The number of rotatable bonds is 18. The van der Waals surface area contributed by atoms with Crippen LogP contribution in [-0.4, -0.2) is 32.2 Å². The SMILES string of the molecule is CCCCCCCCCCCCCCCCOP(=O)(O)OCC.CNC. The zero-order valence-corrected chi connectivity index (χ0v) is 18.8. The third-order valence-electron chi connectivity index (χ3n) is 4.04. The van der Waals surface area contributed by atoms with Gasteiger partial charge < -0.3 is 10.2 Å². The van der Waals surface area contributed by atoms with Crippen LogP contribution >= 0.6 is 7.82 Å². The Balaban J connectivity index is 0. The van der Waals surface area contributed by atoms with Crippen molar-refractivity contribution in [3.63, 3.8) is 0 Å². The molecule has 0 spiro atoms. The summed E-state index contributed by atoms with van der Waals surface area (Å²) >= 11 is 0. The number of nitrogens with one attached hydrogen (secondary N) is 1. The minimum atomic E-state index is -3.78. The van der Waals surface area contributed by atoms with Gasteiger partial charge in [-0.3, -0.25) is 9.05 Å². The largest absolute Gasteiger partial charge is 0.472 e. The van der Waals surface area contributed by atoms with Gasteiger partial charge in [0.05, 0.1) is 13.2 Å². The van der Waals surface area contributed by atoms with Gasteiger partial charge in [-0.2, -0.15) is 0 Å². The maximum Gasteiger partial charge on any atom is 0.472 e. The molecule has 160 valence electrons. The Kier molecular flexibility index (Phi) is 25.1. The first-order chi connectivity index (χ1) is 12.5. The number of phosphoric acid groups is 1.